The average Bonchev–Trinajstić information content (AvgIpc) is 3.14. The van der Waals surface area contributed by atoms with Crippen molar-refractivity contribution in [1.29, 1.82) is 5.26 Å². The molecule has 0 N–H and O–H groups in total. The second-order valence-corrected chi connectivity index (χ2v) is 5.36. The van der Waals surface area contributed by atoms with Gasteiger partial charge in [0.05, 0.1) is 7.11 Å². The number of nitrogens with zero attached hydrogens (tertiary/aromatic N) is 5. The third-order valence-corrected chi connectivity index (χ3v) is 3.79. The minimum Gasteiger partial charge on any atom is -0.497 e. The van der Waals surface area contributed by atoms with Crippen LogP contribution in [0.25, 0.3) is 11.4 Å². The maximum absolute atomic E-state index is 12.4. The summed E-state index contributed by atoms with van der Waals surface area (Å²) in [5.74, 6) is 1.02. The highest BCUT2D eigenvalue weighted by atomic mass is 16.5. The van der Waals surface area contributed by atoms with Crippen molar-refractivity contribution >= 4 is 0 Å². The predicted octanol–water partition coefficient (Wildman–Crippen LogP) is 1.01. The van der Waals surface area contributed by atoms with Gasteiger partial charge in [0.15, 0.2) is 0 Å². The Bertz CT molecular complexity index is 1100. The van der Waals surface area contributed by atoms with Crippen LogP contribution in [0.3, 0.4) is 0 Å². The number of nitriles is 1. The van der Waals surface area contributed by atoms with Gasteiger partial charge in [0, 0.05) is 18.3 Å². The van der Waals surface area contributed by atoms with E-state index in [0.29, 0.717) is 23.7 Å². The summed E-state index contributed by atoms with van der Waals surface area (Å²) >= 11 is 0. The van der Waals surface area contributed by atoms with Crippen LogP contribution in [-0.2, 0) is 13.1 Å². The molecule has 0 spiro atoms. The van der Waals surface area contributed by atoms with Gasteiger partial charge in [0.25, 0.3) is 5.56 Å². The van der Waals surface area contributed by atoms with Crippen molar-refractivity contribution in [1.82, 2.24) is 19.3 Å². The first-order valence-corrected chi connectivity index (χ1v) is 7.78. The van der Waals surface area contributed by atoms with Crippen LogP contribution in [0.4, 0.5) is 0 Å². The number of hydrogen-bond donors (Lipinski definition) is 0. The number of aromatic nitrogens is 4. The molecule has 132 valence electrons. The lowest BCUT2D eigenvalue weighted by molar-refractivity contribution is 0.365. The maximum Gasteiger partial charge on any atom is 0.331 e. The van der Waals surface area contributed by atoms with Crippen molar-refractivity contribution in [2.75, 3.05) is 7.11 Å². The first-order chi connectivity index (χ1) is 12.6. The van der Waals surface area contributed by atoms with Crippen LogP contribution in [0.1, 0.15) is 18.4 Å². The monoisotopic (exact) mass is 353 g/mol. The number of hydrogen-bond acceptors (Lipinski definition) is 7. The Balaban J connectivity index is 1.99. The molecular formula is C17H15N5O4. The Labute approximate surface area is 147 Å². The molecule has 3 rings (SSSR count). The molecule has 0 saturated heterocycles. The van der Waals surface area contributed by atoms with E-state index < -0.39 is 11.2 Å². The molecule has 0 atom stereocenters. The molecule has 0 radical (unpaired) electrons. The van der Waals surface area contributed by atoms with Crippen LogP contribution >= 0.6 is 0 Å². The summed E-state index contributed by atoms with van der Waals surface area (Å²) in [7, 11) is 1.55. The van der Waals surface area contributed by atoms with E-state index in [1.165, 1.54) is 10.8 Å². The molecule has 1 aromatic carbocycles. The van der Waals surface area contributed by atoms with Gasteiger partial charge >= 0.3 is 5.69 Å². The first-order valence-electron chi connectivity index (χ1n) is 7.78. The molecule has 9 nitrogen and oxygen atoms in total. The summed E-state index contributed by atoms with van der Waals surface area (Å²) in [5, 5.41) is 13.0. The van der Waals surface area contributed by atoms with Gasteiger partial charge in [-0.05, 0) is 19.1 Å². The summed E-state index contributed by atoms with van der Waals surface area (Å²) in [6.07, 6.45) is 1.25. The molecule has 0 fully saturated rings. The van der Waals surface area contributed by atoms with E-state index in [4.69, 9.17) is 14.5 Å². The van der Waals surface area contributed by atoms with Crippen molar-refractivity contribution in [3.63, 3.8) is 0 Å². The zero-order valence-electron chi connectivity index (χ0n) is 14.2. The summed E-state index contributed by atoms with van der Waals surface area (Å²) in [4.78, 5) is 28.9. The number of methoxy groups -OCH3 is 1. The molecule has 0 unspecified atom stereocenters. The fraction of sp³-hybridized carbons (Fsp3) is 0.235. The van der Waals surface area contributed by atoms with E-state index in [0.717, 1.165) is 4.57 Å². The molecule has 0 saturated carbocycles. The quantitative estimate of drug-likeness (QED) is 0.672. The summed E-state index contributed by atoms with van der Waals surface area (Å²) in [6, 6.07) is 8.88. The third kappa shape index (κ3) is 3.12. The van der Waals surface area contributed by atoms with Crippen LogP contribution in [0, 0.1) is 11.3 Å². The number of ether oxygens (including phenoxy) is 1. The zero-order chi connectivity index (χ0) is 18.7. The van der Waals surface area contributed by atoms with Crippen molar-refractivity contribution in [2.24, 2.45) is 0 Å². The summed E-state index contributed by atoms with van der Waals surface area (Å²) < 4.78 is 12.5. The first kappa shape index (κ1) is 17.2. The van der Waals surface area contributed by atoms with Gasteiger partial charge in [-0.1, -0.05) is 17.3 Å². The maximum atomic E-state index is 12.4. The standard InChI is InChI=1S/C17H15N5O4/c1-3-21-9-12(8-18)16(23)22(17(21)24)10-14-19-15(20-26-14)11-5-4-6-13(7-11)25-2/h4-7,9H,3,10H2,1-2H3. The Morgan fingerprint density at radius 1 is 1.35 bits per heavy atom. The Hall–Kier alpha value is -3.67. The van der Waals surface area contributed by atoms with Gasteiger partial charge in [0.1, 0.15) is 23.9 Å². The molecule has 0 aliphatic heterocycles. The van der Waals surface area contributed by atoms with E-state index in [1.807, 2.05) is 0 Å². The van der Waals surface area contributed by atoms with Crippen molar-refractivity contribution in [3.05, 3.63) is 62.8 Å². The Morgan fingerprint density at radius 2 is 2.15 bits per heavy atom. The lowest BCUT2D eigenvalue weighted by atomic mass is 10.2. The molecule has 0 aliphatic rings. The van der Waals surface area contributed by atoms with Crippen LogP contribution in [-0.4, -0.2) is 26.4 Å². The Kier molecular flexibility index (Phi) is 4.66. The van der Waals surface area contributed by atoms with Gasteiger partial charge < -0.3 is 9.26 Å². The Morgan fingerprint density at radius 3 is 2.85 bits per heavy atom. The third-order valence-electron chi connectivity index (χ3n) is 3.79. The van der Waals surface area contributed by atoms with E-state index in [9.17, 15) is 9.59 Å². The highest BCUT2D eigenvalue weighted by molar-refractivity contribution is 5.56. The summed E-state index contributed by atoms with van der Waals surface area (Å²) in [5.41, 5.74) is -0.691. The van der Waals surface area contributed by atoms with E-state index in [1.54, 1.807) is 44.4 Å². The minimum absolute atomic E-state index is 0.0831. The molecule has 3 aromatic rings. The highest BCUT2D eigenvalue weighted by Gasteiger charge is 2.15. The normalized spacial score (nSPS) is 10.5. The van der Waals surface area contributed by atoms with Crippen LogP contribution < -0.4 is 16.0 Å². The number of aryl methyl sites for hydroxylation is 1. The molecule has 0 bridgehead atoms. The topological polar surface area (TPSA) is 116 Å². The van der Waals surface area contributed by atoms with Gasteiger partial charge in [-0.15, -0.1) is 0 Å². The molecule has 0 aliphatic carbocycles. The zero-order valence-corrected chi connectivity index (χ0v) is 14.2. The largest absolute Gasteiger partial charge is 0.497 e. The predicted molar refractivity (Wildman–Crippen MR) is 90.7 cm³/mol. The fourth-order valence-corrected chi connectivity index (χ4v) is 2.43. The molecule has 0 amide bonds. The van der Waals surface area contributed by atoms with Gasteiger partial charge in [-0.3, -0.25) is 9.36 Å². The summed E-state index contributed by atoms with van der Waals surface area (Å²) in [6.45, 7) is 1.85. The van der Waals surface area contributed by atoms with Crippen molar-refractivity contribution in [2.45, 2.75) is 20.0 Å². The number of benzene rings is 1. The fourth-order valence-electron chi connectivity index (χ4n) is 2.43. The van der Waals surface area contributed by atoms with Crippen molar-refractivity contribution < 1.29 is 9.26 Å². The second kappa shape index (κ2) is 7.06. The van der Waals surface area contributed by atoms with Gasteiger partial charge in [0.2, 0.25) is 11.7 Å². The van der Waals surface area contributed by atoms with E-state index >= 15 is 0 Å². The molecular weight excluding hydrogens is 338 g/mol. The second-order valence-electron chi connectivity index (χ2n) is 5.36. The van der Waals surface area contributed by atoms with E-state index in [-0.39, 0.29) is 18.0 Å². The smallest absolute Gasteiger partial charge is 0.331 e. The molecule has 26 heavy (non-hydrogen) atoms. The lowest BCUT2D eigenvalue weighted by Crippen LogP contribution is -2.41. The minimum atomic E-state index is -0.691. The lowest BCUT2D eigenvalue weighted by Gasteiger charge is -2.07. The molecule has 2 heterocycles. The van der Waals surface area contributed by atoms with Gasteiger partial charge in [-0.25, -0.2) is 9.36 Å². The van der Waals surface area contributed by atoms with Gasteiger partial charge in [-0.2, -0.15) is 10.2 Å². The van der Waals surface area contributed by atoms with E-state index in [2.05, 4.69) is 10.1 Å². The van der Waals surface area contributed by atoms with Crippen LogP contribution in [0.15, 0.2) is 44.6 Å². The SMILES string of the molecule is CCn1cc(C#N)c(=O)n(Cc2nc(-c3cccc(OC)c3)no2)c1=O. The van der Waals surface area contributed by atoms with Crippen LogP contribution in [0.5, 0.6) is 5.75 Å². The van der Waals surface area contributed by atoms with Crippen molar-refractivity contribution in [3.8, 4) is 23.2 Å². The van der Waals surface area contributed by atoms with Crippen LogP contribution in [0.2, 0.25) is 0 Å². The average molecular weight is 353 g/mol. The number of rotatable bonds is 5. The molecule has 2 aromatic heterocycles. The molecule has 9 heteroatoms. The highest BCUT2D eigenvalue weighted by Crippen LogP contribution is 2.21.